The highest BCUT2D eigenvalue weighted by Crippen LogP contribution is 2.07. The average Bonchev–Trinajstić information content (AvgIpc) is 2.38. The Labute approximate surface area is 137 Å². The summed E-state index contributed by atoms with van der Waals surface area (Å²) in [7, 11) is 4.16. The lowest BCUT2D eigenvalue weighted by Crippen LogP contribution is -3.00. The third kappa shape index (κ3) is 8.63. The highest BCUT2D eigenvalue weighted by Gasteiger charge is 2.16. The number of carbonyl (C=O) groups is 2. The minimum Gasteiger partial charge on any atom is -1.00 e. The van der Waals surface area contributed by atoms with E-state index in [-0.39, 0.29) is 28.7 Å². The van der Waals surface area contributed by atoms with Gasteiger partial charge < -0.3 is 26.2 Å². The molecule has 1 aromatic carbocycles. The highest BCUT2D eigenvalue weighted by atomic mass is 79.9. The van der Waals surface area contributed by atoms with Gasteiger partial charge in [-0.25, -0.2) is 0 Å². The number of likely N-dealkylation sites (N-methyl/N-ethyl adjacent to an activating group) is 1. The molecule has 0 heterocycles. The van der Waals surface area contributed by atoms with Crippen molar-refractivity contribution in [3.63, 3.8) is 0 Å². The van der Waals surface area contributed by atoms with Gasteiger partial charge in [-0.1, -0.05) is 30.3 Å². The Kier molecular flexibility index (Phi) is 9.13. The molecule has 4 nitrogen and oxygen atoms in total. The fourth-order valence-electron chi connectivity index (χ4n) is 1.98. The van der Waals surface area contributed by atoms with Gasteiger partial charge in [-0.05, 0) is 0 Å². The maximum Gasteiger partial charge on any atom is 0.302 e. The number of ketones is 1. The standard InChI is InChI=1S/C16H24NO3.BrH/c1-14(18)20-13-12-17(2,3)11-7-10-16(19)15-8-5-4-6-9-15;/h4-6,8-9H,7,10-13H2,1-3H3;1H/q+1;/p-1. The molecule has 1 aromatic rings. The van der Waals surface area contributed by atoms with Crippen LogP contribution in [0, 0.1) is 0 Å². The first kappa shape index (κ1) is 19.8. The monoisotopic (exact) mass is 357 g/mol. The van der Waals surface area contributed by atoms with E-state index in [9.17, 15) is 9.59 Å². The molecule has 0 amide bonds. The van der Waals surface area contributed by atoms with Crippen LogP contribution in [-0.4, -0.2) is 50.0 Å². The SMILES string of the molecule is CC(=O)OCC[N+](C)(C)CCCC(=O)c1ccccc1.[Br-]. The van der Waals surface area contributed by atoms with Crippen LogP contribution in [0.4, 0.5) is 0 Å². The van der Waals surface area contributed by atoms with Gasteiger partial charge in [-0.2, -0.15) is 0 Å². The van der Waals surface area contributed by atoms with Crippen molar-refractivity contribution in [2.24, 2.45) is 0 Å². The summed E-state index contributed by atoms with van der Waals surface area (Å²) in [4.78, 5) is 22.7. The summed E-state index contributed by atoms with van der Waals surface area (Å²) in [6, 6.07) is 9.37. The number of Topliss-reactive ketones (excluding diaryl/α,β-unsaturated/α-hetero) is 1. The number of esters is 1. The Morgan fingerprint density at radius 2 is 1.71 bits per heavy atom. The average molecular weight is 358 g/mol. The lowest BCUT2D eigenvalue weighted by Gasteiger charge is -2.29. The Morgan fingerprint density at radius 3 is 2.29 bits per heavy atom. The summed E-state index contributed by atoms with van der Waals surface area (Å²) in [5.41, 5.74) is 0.776. The summed E-state index contributed by atoms with van der Waals surface area (Å²) in [6.45, 7) is 3.49. The van der Waals surface area contributed by atoms with E-state index in [4.69, 9.17) is 4.74 Å². The third-order valence-electron chi connectivity index (χ3n) is 3.26. The van der Waals surface area contributed by atoms with Crippen LogP contribution in [-0.2, 0) is 9.53 Å². The zero-order valence-corrected chi connectivity index (χ0v) is 14.6. The number of halogens is 1. The number of hydrogen-bond donors (Lipinski definition) is 0. The van der Waals surface area contributed by atoms with Gasteiger partial charge >= 0.3 is 5.97 Å². The largest absolute Gasteiger partial charge is 1.00 e. The topological polar surface area (TPSA) is 43.4 Å². The van der Waals surface area contributed by atoms with Gasteiger partial charge in [0, 0.05) is 25.3 Å². The van der Waals surface area contributed by atoms with Crippen LogP contribution in [0.25, 0.3) is 0 Å². The smallest absolute Gasteiger partial charge is 0.302 e. The third-order valence-corrected chi connectivity index (χ3v) is 3.26. The number of hydrogen-bond acceptors (Lipinski definition) is 3. The molecule has 0 N–H and O–H groups in total. The Hall–Kier alpha value is -1.20. The molecule has 0 aliphatic rings. The molecule has 0 atom stereocenters. The van der Waals surface area contributed by atoms with E-state index in [0.717, 1.165) is 29.6 Å². The van der Waals surface area contributed by atoms with Gasteiger partial charge in [0.1, 0.15) is 13.2 Å². The molecule has 1 rings (SSSR count). The molecule has 5 heteroatoms. The van der Waals surface area contributed by atoms with Crippen LogP contribution in [0.3, 0.4) is 0 Å². The summed E-state index contributed by atoms with van der Waals surface area (Å²) in [6.07, 6.45) is 1.39. The van der Waals surface area contributed by atoms with Crippen LogP contribution in [0.2, 0.25) is 0 Å². The first-order valence-electron chi connectivity index (χ1n) is 6.94. The summed E-state index contributed by atoms with van der Waals surface area (Å²) in [5, 5.41) is 0. The van der Waals surface area contributed by atoms with Crippen LogP contribution in [0.5, 0.6) is 0 Å². The second-order valence-corrected chi connectivity index (χ2v) is 5.62. The molecule has 0 spiro atoms. The van der Waals surface area contributed by atoms with E-state index >= 15 is 0 Å². The normalized spacial score (nSPS) is 10.6. The second-order valence-electron chi connectivity index (χ2n) is 5.62. The molecular weight excluding hydrogens is 334 g/mol. The van der Waals surface area contributed by atoms with Crippen LogP contribution in [0.15, 0.2) is 30.3 Å². The Balaban J connectivity index is 0.00000400. The van der Waals surface area contributed by atoms with Gasteiger partial charge in [-0.3, -0.25) is 9.59 Å². The van der Waals surface area contributed by atoms with Crippen molar-refractivity contribution < 1.29 is 35.8 Å². The van der Waals surface area contributed by atoms with Crippen molar-refractivity contribution in [1.29, 1.82) is 0 Å². The fourth-order valence-corrected chi connectivity index (χ4v) is 1.98. The quantitative estimate of drug-likeness (QED) is 0.351. The first-order valence-corrected chi connectivity index (χ1v) is 6.94. The van der Waals surface area contributed by atoms with Gasteiger partial charge in [0.25, 0.3) is 0 Å². The van der Waals surface area contributed by atoms with Crippen LogP contribution >= 0.6 is 0 Å². The lowest BCUT2D eigenvalue weighted by atomic mass is 10.1. The van der Waals surface area contributed by atoms with Gasteiger partial charge in [0.15, 0.2) is 5.78 Å². The number of ether oxygens (including phenoxy) is 1. The van der Waals surface area contributed by atoms with Crippen molar-refractivity contribution >= 4 is 11.8 Å². The maximum atomic E-state index is 12.0. The molecule has 0 aromatic heterocycles. The van der Waals surface area contributed by atoms with Crippen molar-refractivity contribution in [2.75, 3.05) is 33.8 Å². The molecule has 0 aliphatic heterocycles. The van der Waals surface area contributed by atoms with Gasteiger partial charge in [0.05, 0.1) is 20.6 Å². The number of quaternary nitrogens is 1. The molecule has 0 fully saturated rings. The van der Waals surface area contributed by atoms with Gasteiger partial charge in [-0.15, -0.1) is 0 Å². The first-order chi connectivity index (χ1) is 9.41. The Bertz CT molecular complexity index is 446. The van der Waals surface area contributed by atoms with Crippen LogP contribution in [0.1, 0.15) is 30.1 Å². The molecule has 21 heavy (non-hydrogen) atoms. The van der Waals surface area contributed by atoms with Crippen molar-refractivity contribution in [3.8, 4) is 0 Å². The molecular formula is C16H24BrNO3. The Morgan fingerprint density at radius 1 is 1.10 bits per heavy atom. The van der Waals surface area contributed by atoms with E-state index < -0.39 is 0 Å². The maximum absolute atomic E-state index is 12.0. The summed E-state index contributed by atoms with van der Waals surface area (Å²) >= 11 is 0. The summed E-state index contributed by atoms with van der Waals surface area (Å²) < 4.78 is 5.70. The van der Waals surface area contributed by atoms with Crippen molar-refractivity contribution in [3.05, 3.63) is 35.9 Å². The molecule has 0 aliphatic carbocycles. The molecule has 0 saturated heterocycles. The number of rotatable bonds is 8. The zero-order chi connectivity index (χ0) is 15.0. The van der Waals surface area contributed by atoms with Crippen molar-refractivity contribution in [2.45, 2.75) is 19.8 Å². The minimum atomic E-state index is -0.246. The zero-order valence-electron chi connectivity index (χ0n) is 13.0. The highest BCUT2D eigenvalue weighted by molar-refractivity contribution is 5.95. The van der Waals surface area contributed by atoms with E-state index in [1.54, 1.807) is 0 Å². The lowest BCUT2D eigenvalue weighted by molar-refractivity contribution is -0.890. The molecule has 0 unspecified atom stereocenters. The predicted molar refractivity (Wildman–Crippen MR) is 78.5 cm³/mol. The number of carbonyl (C=O) groups excluding carboxylic acids is 2. The summed E-state index contributed by atoms with van der Waals surface area (Å²) in [5.74, 6) is -0.0603. The fraction of sp³-hybridized carbons (Fsp3) is 0.500. The molecule has 0 radical (unpaired) electrons. The minimum absolute atomic E-state index is 0. The van der Waals surface area contributed by atoms with Gasteiger partial charge in [0.2, 0.25) is 0 Å². The van der Waals surface area contributed by atoms with Crippen molar-refractivity contribution in [1.82, 2.24) is 0 Å². The number of benzene rings is 1. The van der Waals surface area contributed by atoms with Crippen LogP contribution < -0.4 is 17.0 Å². The molecule has 0 saturated carbocycles. The van der Waals surface area contributed by atoms with E-state index in [1.807, 2.05) is 30.3 Å². The second kappa shape index (κ2) is 9.68. The van der Waals surface area contributed by atoms with E-state index in [2.05, 4.69) is 14.1 Å². The number of nitrogens with zero attached hydrogens (tertiary/aromatic N) is 1. The van der Waals surface area contributed by atoms with E-state index in [0.29, 0.717) is 13.0 Å². The molecule has 118 valence electrons. The predicted octanol–water partition coefficient (Wildman–Crippen LogP) is -0.707. The van der Waals surface area contributed by atoms with E-state index in [1.165, 1.54) is 6.92 Å². The molecule has 0 bridgehead atoms.